The molecule has 0 bridgehead atoms. The molecule has 0 saturated heterocycles. The standard InChI is InChI=1S/C21H22N4O2S/c1-4-14-7-6-8-16-17(11-22-19(14)16)18(26)12-28-21-24-23-20(25(21)5-2)15-9-10-27-13(15)3/h6-11,22H,4-5,12H2,1-3H3. The minimum absolute atomic E-state index is 0.0798. The number of benzene rings is 1. The molecule has 0 amide bonds. The number of Topliss-reactive ketones (excluding diaryl/α,β-unsaturated/α-hetero) is 1. The molecule has 0 spiro atoms. The van der Waals surface area contributed by atoms with Crippen LogP contribution in [0.3, 0.4) is 0 Å². The molecule has 0 radical (unpaired) electrons. The van der Waals surface area contributed by atoms with Gasteiger partial charge in [0.25, 0.3) is 0 Å². The van der Waals surface area contributed by atoms with Crippen molar-refractivity contribution in [1.82, 2.24) is 19.7 Å². The van der Waals surface area contributed by atoms with Gasteiger partial charge in [-0.05, 0) is 31.9 Å². The van der Waals surface area contributed by atoms with Crippen molar-refractivity contribution >= 4 is 28.4 Å². The number of thioether (sulfide) groups is 1. The fourth-order valence-corrected chi connectivity index (χ4v) is 4.33. The molecule has 6 nitrogen and oxygen atoms in total. The number of aromatic nitrogens is 4. The van der Waals surface area contributed by atoms with Gasteiger partial charge in [0, 0.05) is 29.2 Å². The van der Waals surface area contributed by atoms with Crippen LogP contribution in [-0.4, -0.2) is 31.3 Å². The molecule has 4 rings (SSSR count). The van der Waals surface area contributed by atoms with E-state index >= 15 is 0 Å². The number of nitrogens with one attached hydrogen (secondary N) is 1. The van der Waals surface area contributed by atoms with E-state index in [1.54, 1.807) is 6.26 Å². The number of hydrogen-bond acceptors (Lipinski definition) is 5. The molecule has 28 heavy (non-hydrogen) atoms. The average molecular weight is 395 g/mol. The van der Waals surface area contributed by atoms with E-state index in [0.29, 0.717) is 5.75 Å². The third kappa shape index (κ3) is 3.16. The summed E-state index contributed by atoms with van der Waals surface area (Å²) in [5, 5.41) is 10.3. The zero-order valence-electron chi connectivity index (χ0n) is 16.2. The second-order valence-electron chi connectivity index (χ2n) is 6.55. The fraction of sp³-hybridized carbons (Fsp3) is 0.286. The van der Waals surface area contributed by atoms with Gasteiger partial charge in [0.05, 0.1) is 17.6 Å². The van der Waals surface area contributed by atoms with Crippen molar-refractivity contribution in [1.29, 1.82) is 0 Å². The molecule has 1 N–H and O–H groups in total. The third-order valence-electron chi connectivity index (χ3n) is 4.95. The van der Waals surface area contributed by atoms with Crippen LogP contribution in [0, 0.1) is 6.92 Å². The van der Waals surface area contributed by atoms with Crippen LogP contribution in [0.15, 0.2) is 46.3 Å². The Morgan fingerprint density at radius 1 is 1.25 bits per heavy atom. The number of aryl methyl sites for hydroxylation is 2. The number of furan rings is 1. The van der Waals surface area contributed by atoms with Gasteiger partial charge in [-0.15, -0.1) is 10.2 Å². The highest BCUT2D eigenvalue weighted by Crippen LogP contribution is 2.28. The topological polar surface area (TPSA) is 76.7 Å². The van der Waals surface area contributed by atoms with E-state index in [1.165, 1.54) is 17.3 Å². The molecule has 0 atom stereocenters. The van der Waals surface area contributed by atoms with E-state index in [2.05, 4.69) is 28.2 Å². The number of H-pyrrole nitrogens is 1. The number of carbonyl (C=O) groups excluding carboxylic acids is 1. The maximum atomic E-state index is 12.9. The molecule has 0 unspecified atom stereocenters. The average Bonchev–Trinajstić information content (AvgIpc) is 3.42. The van der Waals surface area contributed by atoms with Crippen LogP contribution in [0.4, 0.5) is 0 Å². The fourth-order valence-electron chi connectivity index (χ4n) is 3.45. The minimum Gasteiger partial charge on any atom is -0.469 e. The summed E-state index contributed by atoms with van der Waals surface area (Å²) in [4.78, 5) is 16.1. The largest absolute Gasteiger partial charge is 0.469 e. The lowest BCUT2D eigenvalue weighted by Gasteiger charge is -2.06. The number of ketones is 1. The van der Waals surface area contributed by atoms with Gasteiger partial charge in [-0.1, -0.05) is 36.9 Å². The maximum Gasteiger partial charge on any atom is 0.191 e. The van der Waals surface area contributed by atoms with Gasteiger partial charge in [-0.2, -0.15) is 0 Å². The van der Waals surface area contributed by atoms with E-state index in [-0.39, 0.29) is 5.78 Å². The predicted molar refractivity (Wildman–Crippen MR) is 111 cm³/mol. The molecule has 3 heterocycles. The van der Waals surface area contributed by atoms with E-state index < -0.39 is 0 Å². The molecule has 0 fully saturated rings. The SMILES string of the molecule is CCc1cccc2c(C(=O)CSc3nnc(-c4ccoc4C)n3CC)c[nH]c12. The third-order valence-corrected chi connectivity index (χ3v) is 5.91. The van der Waals surface area contributed by atoms with Crippen LogP contribution in [0.5, 0.6) is 0 Å². The zero-order valence-corrected chi connectivity index (χ0v) is 17.0. The van der Waals surface area contributed by atoms with Crippen molar-refractivity contribution < 1.29 is 9.21 Å². The first kappa shape index (κ1) is 18.6. The highest BCUT2D eigenvalue weighted by atomic mass is 32.2. The Bertz CT molecular complexity index is 1140. The summed E-state index contributed by atoms with van der Waals surface area (Å²) >= 11 is 1.42. The highest BCUT2D eigenvalue weighted by Gasteiger charge is 2.19. The van der Waals surface area contributed by atoms with E-state index in [0.717, 1.165) is 51.7 Å². The molecule has 144 valence electrons. The van der Waals surface area contributed by atoms with Crippen molar-refractivity contribution in [2.45, 2.75) is 38.9 Å². The van der Waals surface area contributed by atoms with Crippen LogP contribution in [0.1, 0.15) is 35.5 Å². The molecule has 4 aromatic rings. The van der Waals surface area contributed by atoms with Gasteiger partial charge in [0.2, 0.25) is 0 Å². The molecular weight excluding hydrogens is 372 g/mol. The van der Waals surface area contributed by atoms with Crippen LogP contribution < -0.4 is 0 Å². The first-order valence-corrected chi connectivity index (χ1v) is 10.3. The molecular formula is C21H22N4O2S. The number of carbonyl (C=O) groups is 1. The molecule has 0 aliphatic rings. The van der Waals surface area contributed by atoms with Crippen LogP contribution >= 0.6 is 11.8 Å². The van der Waals surface area contributed by atoms with E-state index in [9.17, 15) is 4.79 Å². The van der Waals surface area contributed by atoms with Crippen LogP contribution in [0.25, 0.3) is 22.3 Å². The Morgan fingerprint density at radius 2 is 2.11 bits per heavy atom. The second-order valence-corrected chi connectivity index (χ2v) is 7.49. The quantitative estimate of drug-likeness (QED) is 0.357. The Kier molecular flexibility index (Phi) is 5.09. The van der Waals surface area contributed by atoms with Gasteiger partial charge in [0.1, 0.15) is 5.76 Å². The van der Waals surface area contributed by atoms with E-state index in [1.807, 2.05) is 42.8 Å². The van der Waals surface area contributed by atoms with Gasteiger partial charge in [-0.3, -0.25) is 4.79 Å². The number of fused-ring (bicyclic) bond motifs is 1. The first-order chi connectivity index (χ1) is 13.6. The monoisotopic (exact) mass is 394 g/mol. The summed E-state index contributed by atoms with van der Waals surface area (Å²) in [5.41, 5.74) is 3.92. The summed E-state index contributed by atoms with van der Waals surface area (Å²) in [6.07, 6.45) is 4.39. The summed E-state index contributed by atoms with van der Waals surface area (Å²) in [7, 11) is 0. The van der Waals surface area contributed by atoms with Gasteiger partial charge in [-0.25, -0.2) is 0 Å². The van der Waals surface area contributed by atoms with Crippen LogP contribution in [0.2, 0.25) is 0 Å². The van der Waals surface area contributed by atoms with Crippen molar-refractivity contribution in [2.75, 3.05) is 5.75 Å². The molecule has 0 aliphatic carbocycles. The number of hydrogen-bond donors (Lipinski definition) is 1. The van der Waals surface area contributed by atoms with E-state index in [4.69, 9.17) is 4.42 Å². The van der Waals surface area contributed by atoms with Gasteiger partial charge < -0.3 is 14.0 Å². The molecule has 1 aromatic carbocycles. The zero-order chi connectivity index (χ0) is 19.7. The molecule has 3 aromatic heterocycles. The number of para-hydroxylation sites is 1. The lowest BCUT2D eigenvalue weighted by molar-refractivity contribution is 0.102. The summed E-state index contributed by atoms with van der Waals surface area (Å²) in [6, 6.07) is 7.98. The summed E-state index contributed by atoms with van der Waals surface area (Å²) in [6.45, 7) is 6.78. The summed E-state index contributed by atoms with van der Waals surface area (Å²) < 4.78 is 7.40. The normalized spacial score (nSPS) is 11.4. The Labute approximate surface area is 167 Å². The van der Waals surface area contributed by atoms with Crippen LogP contribution in [-0.2, 0) is 13.0 Å². The molecule has 0 saturated carbocycles. The summed E-state index contributed by atoms with van der Waals surface area (Å²) in [5.74, 6) is 1.96. The van der Waals surface area contributed by atoms with Gasteiger partial charge in [0.15, 0.2) is 16.8 Å². The first-order valence-electron chi connectivity index (χ1n) is 9.36. The number of nitrogens with zero attached hydrogens (tertiary/aromatic N) is 3. The Balaban J connectivity index is 1.56. The predicted octanol–water partition coefficient (Wildman–Crippen LogP) is 4.89. The Hall–Kier alpha value is -2.80. The molecule has 0 aliphatic heterocycles. The van der Waals surface area contributed by atoms with Crippen molar-refractivity contribution in [3.8, 4) is 11.4 Å². The number of rotatable bonds is 7. The maximum absolute atomic E-state index is 12.9. The highest BCUT2D eigenvalue weighted by molar-refractivity contribution is 7.99. The minimum atomic E-state index is 0.0798. The Morgan fingerprint density at radius 3 is 2.82 bits per heavy atom. The van der Waals surface area contributed by atoms with Gasteiger partial charge >= 0.3 is 0 Å². The lowest BCUT2D eigenvalue weighted by Crippen LogP contribution is -2.05. The second kappa shape index (κ2) is 7.67. The van der Waals surface area contributed by atoms with Crippen molar-refractivity contribution in [3.05, 3.63) is 53.6 Å². The number of aromatic amines is 1. The van der Waals surface area contributed by atoms with Crippen molar-refractivity contribution in [3.63, 3.8) is 0 Å². The lowest BCUT2D eigenvalue weighted by atomic mass is 10.1. The smallest absolute Gasteiger partial charge is 0.191 e. The van der Waals surface area contributed by atoms with Crippen molar-refractivity contribution in [2.24, 2.45) is 0 Å². The molecule has 7 heteroatoms.